The van der Waals surface area contributed by atoms with Gasteiger partial charge in [-0.05, 0) is 55.3 Å². The Bertz CT molecular complexity index is 1120. The Morgan fingerprint density at radius 2 is 1.51 bits per heavy atom. The molecule has 0 saturated carbocycles. The molecule has 7 nitrogen and oxygen atoms in total. The third-order valence-electron chi connectivity index (χ3n) is 6.36. The van der Waals surface area contributed by atoms with Gasteiger partial charge < -0.3 is 5.32 Å². The molecule has 4 rings (SSSR count). The van der Waals surface area contributed by atoms with Crippen molar-refractivity contribution in [2.75, 3.05) is 44.6 Å². The van der Waals surface area contributed by atoms with Gasteiger partial charge >= 0.3 is 5.69 Å². The topological polar surface area (TPSA) is 74.5 Å². The number of hydrogen-bond acceptors (Lipinski definition) is 6. The van der Waals surface area contributed by atoms with E-state index >= 15 is 0 Å². The van der Waals surface area contributed by atoms with Crippen molar-refractivity contribution in [3.63, 3.8) is 0 Å². The molecule has 0 bridgehead atoms. The quantitative estimate of drug-likeness (QED) is 0.371. The molecule has 0 unspecified atom stereocenters. The van der Waals surface area contributed by atoms with E-state index in [0.29, 0.717) is 17.9 Å². The van der Waals surface area contributed by atoms with Crippen LogP contribution in [0.5, 0.6) is 0 Å². The lowest BCUT2D eigenvalue weighted by molar-refractivity contribution is -0.384. The summed E-state index contributed by atoms with van der Waals surface area (Å²) in [6.45, 7) is 7.98. The number of nitro groups is 1. The molecule has 0 radical (unpaired) electrons. The maximum absolute atomic E-state index is 13.5. The summed E-state index contributed by atoms with van der Waals surface area (Å²) in [5.41, 5.74) is 3.57. The van der Waals surface area contributed by atoms with E-state index < -0.39 is 4.92 Å². The Hall–Kier alpha value is -3.43. The van der Waals surface area contributed by atoms with Gasteiger partial charge in [-0.1, -0.05) is 24.3 Å². The van der Waals surface area contributed by atoms with Gasteiger partial charge in [-0.3, -0.25) is 24.9 Å². The van der Waals surface area contributed by atoms with Gasteiger partial charge in [-0.2, -0.15) is 0 Å². The molecule has 0 atom stereocenters. The van der Waals surface area contributed by atoms with Gasteiger partial charge in [0.25, 0.3) is 0 Å². The van der Waals surface area contributed by atoms with Gasteiger partial charge in [0, 0.05) is 45.0 Å². The molecule has 0 amide bonds. The first-order valence-corrected chi connectivity index (χ1v) is 11.7. The van der Waals surface area contributed by atoms with Crippen LogP contribution >= 0.6 is 0 Å². The third kappa shape index (κ3) is 5.98. The molecular weight excluding hydrogens is 452 g/mol. The van der Waals surface area contributed by atoms with Crippen LogP contribution in [0.25, 0.3) is 0 Å². The van der Waals surface area contributed by atoms with Crippen molar-refractivity contribution in [3.8, 4) is 0 Å². The number of aryl methyl sites for hydroxylation is 2. The highest BCUT2D eigenvalue weighted by Gasteiger charge is 2.27. The highest BCUT2D eigenvalue weighted by atomic mass is 19.1. The summed E-state index contributed by atoms with van der Waals surface area (Å²) in [4.78, 5) is 19.9. The van der Waals surface area contributed by atoms with Crippen LogP contribution in [0.4, 0.5) is 20.2 Å². The second-order valence-electron chi connectivity index (χ2n) is 8.81. The number of hydrogen-bond donors (Lipinski definition) is 1. The smallest absolute Gasteiger partial charge is 0.313 e. The average Bonchev–Trinajstić information content (AvgIpc) is 2.82. The zero-order chi connectivity index (χ0) is 24.9. The highest BCUT2D eigenvalue weighted by Crippen LogP contribution is 2.30. The van der Waals surface area contributed by atoms with Gasteiger partial charge in [0.1, 0.15) is 23.0 Å². The van der Waals surface area contributed by atoms with Gasteiger partial charge in [0.05, 0.1) is 11.0 Å². The first-order chi connectivity index (χ1) is 16.8. The summed E-state index contributed by atoms with van der Waals surface area (Å²) >= 11 is 0. The van der Waals surface area contributed by atoms with Crippen LogP contribution in [-0.4, -0.2) is 59.0 Å². The minimum atomic E-state index is -0.395. The van der Waals surface area contributed by atoms with Crippen molar-refractivity contribution in [2.45, 2.75) is 19.9 Å². The molecule has 1 aliphatic heterocycles. The Morgan fingerprint density at radius 1 is 0.971 bits per heavy atom. The van der Waals surface area contributed by atoms with Crippen molar-refractivity contribution >= 4 is 11.4 Å². The van der Waals surface area contributed by atoms with E-state index in [1.165, 1.54) is 24.3 Å². The number of halogens is 2. The minimum absolute atomic E-state index is 0.0156. The molecule has 1 N–H and O–H groups in total. The predicted octanol–water partition coefficient (Wildman–Crippen LogP) is 4.70. The number of benzene rings is 2. The van der Waals surface area contributed by atoms with Crippen molar-refractivity contribution in [1.82, 2.24) is 14.8 Å². The molecule has 1 saturated heterocycles. The Labute approximate surface area is 203 Å². The van der Waals surface area contributed by atoms with Gasteiger partial charge in [0.2, 0.25) is 0 Å². The highest BCUT2D eigenvalue weighted by molar-refractivity contribution is 5.64. The number of piperazine rings is 1. The number of pyridine rings is 1. The van der Waals surface area contributed by atoms with E-state index in [2.05, 4.69) is 20.1 Å². The monoisotopic (exact) mass is 481 g/mol. The summed E-state index contributed by atoms with van der Waals surface area (Å²) in [7, 11) is 0. The first-order valence-electron chi connectivity index (χ1n) is 11.7. The van der Waals surface area contributed by atoms with Crippen LogP contribution in [0.15, 0.2) is 54.6 Å². The number of nitrogens with zero attached hydrogens (tertiary/aromatic N) is 4. The molecule has 35 heavy (non-hydrogen) atoms. The fourth-order valence-corrected chi connectivity index (χ4v) is 4.69. The molecule has 0 aliphatic carbocycles. The molecule has 184 valence electrons. The molecule has 1 aromatic heterocycles. The normalized spacial score (nSPS) is 14.9. The summed E-state index contributed by atoms with van der Waals surface area (Å²) in [6.07, 6.45) is 0. The summed E-state index contributed by atoms with van der Waals surface area (Å²) in [6, 6.07) is 14.6. The SMILES string of the molecule is Cc1cc(NCCN2CCN(C(c3ccc(F)cc3)c3ccc(F)cc3)CC2)c([N+](=O)[O-])c(C)n1. The van der Waals surface area contributed by atoms with Crippen LogP contribution in [0.3, 0.4) is 0 Å². The number of anilines is 1. The molecule has 3 aromatic rings. The average molecular weight is 482 g/mol. The fourth-order valence-electron chi connectivity index (χ4n) is 4.69. The Balaban J connectivity index is 1.39. The fraction of sp³-hybridized carbons (Fsp3) is 0.346. The number of nitrogens with one attached hydrogen (secondary N) is 1. The predicted molar refractivity (Wildman–Crippen MR) is 132 cm³/mol. The van der Waals surface area contributed by atoms with Crippen LogP contribution in [0.1, 0.15) is 28.6 Å². The Kier molecular flexibility index (Phi) is 7.67. The van der Waals surface area contributed by atoms with E-state index in [1.807, 2.05) is 6.92 Å². The minimum Gasteiger partial charge on any atom is -0.378 e. The van der Waals surface area contributed by atoms with Crippen molar-refractivity contribution in [2.24, 2.45) is 0 Å². The second-order valence-corrected chi connectivity index (χ2v) is 8.81. The van der Waals surface area contributed by atoms with Crippen LogP contribution in [0.2, 0.25) is 0 Å². The van der Waals surface area contributed by atoms with Crippen LogP contribution in [0, 0.1) is 35.6 Å². The van der Waals surface area contributed by atoms with Crippen LogP contribution < -0.4 is 5.32 Å². The van der Waals surface area contributed by atoms with Crippen molar-refractivity contribution in [3.05, 3.63) is 98.9 Å². The summed E-state index contributed by atoms with van der Waals surface area (Å²) in [5.74, 6) is -0.576. The molecule has 2 heterocycles. The molecule has 1 fully saturated rings. The lowest BCUT2D eigenvalue weighted by Gasteiger charge is -2.39. The van der Waals surface area contributed by atoms with Crippen LogP contribution in [-0.2, 0) is 0 Å². The van der Waals surface area contributed by atoms with E-state index in [-0.39, 0.29) is 23.4 Å². The van der Waals surface area contributed by atoms with E-state index in [0.717, 1.165) is 49.5 Å². The zero-order valence-electron chi connectivity index (χ0n) is 19.9. The molecular formula is C26H29F2N5O2. The zero-order valence-corrected chi connectivity index (χ0v) is 19.9. The number of rotatable bonds is 8. The maximum atomic E-state index is 13.5. The Morgan fingerprint density at radius 3 is 2.03 bits per heavy atom. The van der Waals surface area contributed by atoms with Crippen molar-refractivity contribution < 1.29 is 13.7 Å². The third-order valence-corrected chi connectivity index (χ3v) is 6.36. The maximum Gasteiger partial charge on any atom is 0.313 e. The molecule has 1 aliphatic rings. The number of aromatic nitrogens is 1. The van der Waals surface area contributed by atoms with E-state index in [4.69, 9.17) is 0 Å². The summed E-state index contributed by atoms with van der Waals surface area (Å²) in [5, 5.41) is 14.7. The first kappa shape index (κ1) is 24.7. The van der Waals surface area contributed by atoms with Gasteiger partial charge in [0.15, 0.2) is 0 Å². The molecule has 9 heteroatoms. The second kappa shape index (κ2) is 10.9. The van der Waals surface area contributed by atoms with Gasteiger partial charge in [-0.25, -0.2) is 8.78 Å². The van der Waals surface area contributed by atoms with Crippen molar-refractivity contribution in [1.29, 1.82) is 0 Å². The largest absolute Gasteiger partial charge is 0.378 e. The lowest BCUT2D eigenvalue weighted by Crippen LogP contribution is -2.48. The standard InChI is InChI=1S/C26H29F2N5O2/c1-18-17-24(25(33(34)35)19(2)30-18)29-11-12-31-13-15-32(16-14-31)26(20-3-7-22(27)8-4-20)21-5-9-23(28)10-6-21/h3-10,17,26H,11-16H2,1-2H3,(H,29,30). The van der Waals surface area contributed by atoms with Gasteiger partial charge in [-0.15, -0.1) is 0 Å². The lowest BCUT2D eigenvalue weighted by atomic mass is 9.96. The molecule has 2 aromatic carbocycles. The van der Waals surface area contributed by atoms with E-state index in [9.17, 15) is 18.9 Å². The summed E-state index contributed by atoms with van der Waals surface area (Å²) < 4.78 is 27.1. The molecule has 0 spiro atoms. The van der Waals surface area contributed by atoms with E-state index in [1.54, 1.807) is 37.3 Å².